The molecule has 0 radical (unpaired) electrons. The summed E-state index contributed by atoms with van der Waals surface area (Å²) in [7, 11) is 0. The molecule has 4 aromatic rings. The highest BCUT2D eigenvalue weighted by Crippen LogP contribution is 2.77. The minimum atomic E-state index is -0.527. The van der Waals surface area contributed by atoms with Crippen LogP contribution in [0.1, 0.15) is 44.5 Å². The van der Waals surface area contributed by atoms with E-state index in [0.29, 0.717) is 0 Å². The second-order valence-corrected chi connectivity index (χ2v) is 13.6. The monoisotopic (exact) mass is 668 g/mol. The molecule has 4 aliphatic rings. The molecule has 0 spiro atoms. The normalized spacial score (nSPS) is 32.9. The third kappa shape index (κ3) is 1.88. The summed E-state index contributed by atoms with van der Waals surface area (Å²) in [6.07, 6.45) is 0. The zero-order valence-corrected chi connectivity index (χ0v) is 23.1. The Labute approximate surface area is 221 Å². The van der Waals surface area contributed by atoms with Crippen molar-refractivity contribution in [2.24, 2.45) is 0 Å². The lowest BCUT2D eigenvalue weighted by Gasteiger charge is -2.45. The van der Waals surface area contributed by atoms with E-state index in [1.165, 1.54) is 44.5 Å². The summed E-state index contributed by atoms with van der Waals surface area (Å²) in [4.78, 5) is 0. The van der Waals surface area contributed by atoms with E-state index in [1.807, 2.05) is 0 Å². The van der Waals surface area contributed by atoms with Crippen LogP contribution in [-0.2, 0) is 17.3 Å². The van der Waals surface area contributed by atoms with Crippen molar-refractivity contribution in [2.45, 2.75) is 17.3 Å². The predicted molar refractivity (Wildman–Crippen MR) is 145 cm³/mol. The van der Waals surface area contributed by atoms with E-state index in [2.05, 4.69) is 161 Å². The van der Waals surface area contributed by atoms with Gasteiger partial charge in [0, 0.05) is 0 Å². The van der Waals surface area contributed by atoms with Crippen molar-refractivity contribution >= 4 is 63.7 Å². The van der Waals surface area contributed by atoms with Crippen LogP contribution in [0, 0.1) is 0 Å². The Morgan fingerprint density at radius 2 is 0.406 bits per heavy atom. The standard InChI is InChI=1S/C28H16Br4/c29-25-17-9-1-2-10-18(17)26(30)21-13-5-6-14-22(21)27(25,31)23-15-7-8-16-24(23)28(26,32)20-12-4-3-11-19(20)25/h1-16H. The molecule has 0 heterocycles. The molecule has 0 saturated carbocycles. The summed E-state index contributed by atoms with van der Waals surface area (Å²) >= 11 is 17.8. The van der Waals surface area contributed by atoms with Crippen molar-refractivity contribution in [3.8, 4) is 0 Å². The highest BCUT2D eigenvalue weighted by atomic mass is 79.9. The first-order chi connectivity index (χ1) is 15.4. The number of rotatable bonds is 0. The molecule has 0 amide bonds. The van der Waals surface area contributed by atoms with Gasteiger partial charge in [-0.05, 0) is 44.5 Å². The van der Waals surface area contributed by atoms with Gasteiger partial charge in [0.1, 0.15) is 0 Å². The Morgan fingerprint density at radius 1 is 0.281 bits per heavy atom. The molecule has 4 aliphatic carbocycles. The smallest absolute Gasteiger partial charge is 0.0725 e. The number of benzene rings is 4. The molecule has 0 fully saturated rings. The molecular weight excluding hydrogens is 656 g/mol. The first-order valence-electron chi connectivity index (χ1n) is 10.6. The van der Waals surface area contributed by atoms with Gasteiger partial charge in [-0.15, -0.1) is 0 Å². The highest BCUT2D eigenvalue weighted by Gasteiger charge is 2.71. The molecule has 4 aromatic carbocycles. The Bertz CT molecular complexity index is 1140. The summed E-state index contributed by atoms with van der Waals surface area (Å²) < 4.78 is -2.11. The molecular formula is C28H16Br4. The van der Waals surface area contributed by atoms with E-state index < -0.39 is 17.3 Å². The van der Waals surface area contributed by atoms with E-state index >= 15 is 0 Å². The van der Waals surface area contributed by atoms with Gasteiger partial charge in [0.15, 0.2) is 0 Å². The zero-order valence-electron chi connectivity index (χ0n) is 16.7. The van der Waals surface area contributed by atoms with Crippen LogP contribution < -0.4 is 0 Å². The number of halogens is 4. The maximum atomic E-state index is 4.44. The van der Waals surface area contributed by atoms with Crippen LogP contribution in [0.25, 0.3) is 0 Å². The molecule has 0 nitrogen and oxygen atoms in total. The molecule has 0 atom stereocenters. The minimum Gasteiger partial charge on any atom is -0.0725 e. The van der Waals surface area contributed by atoms with E-state index in [1.54, 1.807) is 0 Å². The molecule has 0 N–H and O–H groups in total. The van der Waals surface area contributed by atoms with Gasteiger partial charge in [-0.3, -0.25) is 0 Å². The summed E-state index contributed by atoms with van der Waals surface area (Å²) in [5.41, 5.74) is 10.2. The summed E-state index contributed by atoms with van der Waals surface area (Å²) in [6.45, 7) is 0. The predicted octanol–water partition coefficient (Wildman–Crippen LogP) is 8.58. The molecule has 4 heteroatoms. The summed E-state index contributed by atoms with van der Waals surface area (Å²) in [5, 5.41) is 0. The first kappa shape index (κ1) is 20.2. The fraction of sp³-hybridized carbons (Fsp3) is 0.143. The molecule has 0 unspecified atom stereocenters. The maximum Gasteiger partial charge on any atom is 0.0996 e. The van der Waals surface area contributed by atoms with Crippen molar-refractivity contribution in [2.75, 3.05) is 0 Å². The SMILES string of the molecule is BrC12c3ccccc3C3(Br)c4ccccc4C1(Br)c1ccccc1C3(Br)c1ccccc12. The van der Waals surface area contributed by atoms with Crippen LogP contribution in [-0.4, -0.2) is 0 Å². The van der Waals surface area contributed by atoms with Crippen molar-refractivity contribution in [3.05, 3.63) is 142 Å². The van der Waals surface area contributed by atoms with Gasteiger partial charge < -0.3 is 0 Å². The number of alkyl halides is 4. The Morgan fingerprint density at radius 3 is 0.531 bits per heavy atom. The average Bonchev–Trinajstić information content (AvgIpc) is 3.01. The second-order valence-electron chi connectivity index (χ2n) is 8.82. The summed E-state index contributed by atoms with van der Waals surface area (Å²) in [6, 6.07) is 35.5. The number of hydrogen-bond acceptors (Lipinski definition) is 0. The van der Waals surface area contributed by atoms with E-state index in [4.69, 9.17) is 0 Å². The molecule has 32 heavy (non-hydrogen) atoms. The van der Waals surface area contributed by atoms with Crippen LogP contribution in [0.5, 0.6) is 0 Å². The van der Waals surface area contributed by atoms with Gasteiger partial charge >= 0.3 is 0 Å². The fourth-order valence-electron chi connectivity index (χ4n) is 6.40. The van der Waals surface area contributed by atoms with Crippen LogP contribution >= 0.6 is 63.7 Å². The van der Waals surface area contributed by atoms with Gasteiger partial charge in [-0.2, -0.15) is 0 Å². The first-order valence-corrected chi connectivity index (χ1v) is 13.7. The maximum absolute atomic E-state index is 4.44. The lowest BCUT2D eigenvalue weighted by molar-refractivity contribution is 0.613. The lowest BCUT2D eigenvalue weighted by atomic mass is 9.73. The third-order valence-corrected chi connectivity index (χ3v) is 14.5. The lowest BCUT2D eigenvalue weighted by Crippen LogP contribution is -2.42. The van der Waals surface area contributed by atoms with Crippen molar-refractivity contribution in [1.29, 1.82) is 0 Å². The zero-order chi connectivity index (χ0) is 21.9. The fourth-order valence-corrected chi connectivity index (χ4v) is 10.9. The minimum absolute atomic E-state index is 0.527. The van der Waals surface area contributed by atoms with Crippen molar-refractivity contribution < 1.29 is 0 Å². The van der Waals surface area contributed by atoms with Gasteiger partial charge in [-0.25, -0.2) is 0 Å². The molecule has 156 valence electrons. The Kier molecular flexibility index (Phi) is 3.96. The topological polar surface area (TPSA) is 0 Å². The van der Waals surface area contributed by atoms with Crippen molar-refractivity contribution in [3.63, 3.8) is 0 Å². The largest absolute Gasteiger partial charge is 0.0996 e. The van der Waals surface area contributed by atoms with Crippen LogP contribution in [0.15, 0.2) is 97.1 Å². The third-order valence-electron chi connectivity index (χ3n) is 7.63. The molecule has 0 saturated heterocycles. The van der Waals surface area contributed by atoms with Crippen LogP contribution in [0.3, 0.4) is 0 Å². The van der Waals surface area contributed by atoms with Crippen LogP contribution in [0.2, 0.25) is 0 Å². The Balaban J connectivity index is 1.90. The van der Waals surface area contributed by atoms with Crippen LogP contribution in [0.4, 0.5) is 0 Å². The molecule has 0 aromatic heterocycles. The van der Waals surface area contributed by atoms with E-state index in [-0.39, 0.29) is 0 Å². The van der Waals surface area contributed by atoms with E-state index in [0.717, 1.165) is 0 Å². The van der Waals surface area contributed by atoms with Gasteiger partial charge in [-0.1, -0.05) is 161 Å². The van der Waals surface area contributed by atoms with Gasteiger partial charge in [0.25, 0.3) is 0 Å². The van der Waals surface area contributed by atoms with E-state index in [9.17, 15) is 0 Å². The molecule has 8 rings (SSSR count). The van der Waals surface area contributed by atoms with Gasteiger partial charge in [0.2, 0.25) is 0 Å². The molecule has 0 aliphatic heterocycles. The second kappa shape index (κ2) is 6.27. The number of hydrogen-bond donors (Lipinski definition) is 0. The van der Waals surface area contributed by atoms with Gasteiger partial charge in [0.05, 0.1) is 17.3 Å². The highest BCUT2D eigenvalue weighted by molar-refractivity contribution is 9.13. The Hall–Kier alpha value is -1.20. The molecule has 4 bridgehead atoms. The summed E-state index contributed by atoms with van der Waals surface area (Å²) in [5.74, 6) is 0. The average molecular weight is 672 g/mol. The quantitative estimate of drug-likeness (QED) is 0.164. The van der Waals surface area contributed by atoms with Crippen molar-refractivity contribution in [1.82, 2.24) is 0 Å².